The van der Waals surface area contributed by atoms with E-state index in [4.69, 9.17) is 5.11 Å². The van der Waals surface area contributed by atoms with E-state index < -0.39 is 5.97 Å². The normalized spacial score (nSPS) is 16.2. The maximum Gasteiger partial charge on any atom is 0.352 e. The number of nitrogens with zero attached hydrogens (tertiary/aromatic N) is 2. The van der Waals surface area contributed by atoms with Gasteiger partial charge in [0.2, 0.25) is 5.91 Å². The summed E-state index contributed by atoms with van der Waals surface area (Å²) in [4.78, 5) is 22.2. The van der Waals surface area contributed by atoms with Crippen LogP contribution in [0.25, 0.3) is 0 Å². The summed E-state index contributed by atoms with van der Waals surface area (Å²) in [6, 6.07) is 0. The molecule has 0 saturated heterocycles. The second-order valence-corrected chi connectivity index (χ2v) is 3.93. The number of carboxylic acid groups (broad SMARTS) is 1. The molecular formula is C11H18N2O3. The summed E-state index contributed by atoms with van der Waals surface area (Å²) in [5.41, 5.74) is 0.0927. The topological polar surface area (TPSA) is 70.0 Å². The maximum atomic E-state index is 11.5. The lowest BCUT2D eigenvalue weighted by atomic mass is 10.1. The van der Waals surface area contributed by atoms with Crippen LogP contribution in [0.2, 0.25) is 0 Å². The molecule has 0 spiro atoms. The zero-order chi connectivity index (χ0) is 12.0. The fourth-order valence-corrected chi connectivity index (χ4v) is 1.62. The number of rotatable bonds is 6. The van der Waals surface area contributed by atoms with Crippen molar-refractivity contribution in [1.29, 1.82) is 0 Å². The van der Waals surface area contributed by atoms with E-state index in [1.165, 1.54) is 5.01 Å². The highest BCUT2D eigenvalue weighted by molar-refractivity contribution is 6.36. The van der Waals surface area contributed by atoms with Crippen LogP contribution in [0.1, 0.15) is 45.4 Å². The number of carbonyl (C=O) groups excluding carboxylic acids is 1. The van der Waals surface area contributed by atoms with Crippen molar-refractivity contribution >= 4 is 17.6 Å². The van der Waals surface area contributed by atoms with Gasteiger partial charge in [-0.3, -0.25) is 4.79 Å². The van der Waals surface area contributed by atoms with Gasteiger partial charge in [0.25, 0.3) is 0 Å². The van der Waals surface area contributed by atoms with Crippen LogP contribution in [0.4, 0.5) is 0 Å². The molecule has 1 rings (SSSR count). The van der Waals surface area contributed by atoms with Gasteiger partial charge in [0, 0.05) is 19.4 Å². The number of hydrogen-bond acceptors (Lipinski definition) is 3. The van der Waals surface area contributed by atoms with E-state index >= 15 is 0 Å². The van der Waals surface area contributed by atoms with Crippen molar-refractivity contribution in [3.05, 3.63) is 0 Å². The molecule has 0 aromatic heterocycles. The largest absolute Gasteiger partial charge is 0.477 e. The van der Waals surface area contributed by atoms with Crippen molar-refractivity contribution in [2.24, 2.45) is 5.10 Å². The molecule has 0 aromatic rings. The molecule has 0 saturated carbocycles. The van der Waals surface area contributed by atoms with E-state index in [9.17, 15) is 9.59 Å². The van der Waals surface area contributed by atoms with E-state index in [1.807, 2.05) is 0 Å². The lowest BCUT2D eigenvalue weighted by Gasteiger charge is -2.21. The molecule has 1 heterocycles. The van der Waals surface area contributed by atoms with E-state index in [1.54, 1.807) is 0 Å². The minimum atomic E-state index is -1.02. The zero-order valence-electron chi connectivity index (χ0n) is 9.61. The zero-order valence-corrected chi connectivity index (χ0v) is 9.61. The van der Waals surface area contributed by atoms with E-state index in [0.29, 0.717) is 6.54 Å². The van der Waals surface area contributed by atoms with E-state index in [0.717, 1.165) is 25.7 Å². The summed E-state index contributed by atoms with van der Waals surface area (Å²) < 4.78 is 0. The minimum Gasteiger partial charge on any atom is -0.477 e. The van der Waals surface area contributed by atoms with Gasteiger partial charge < -0.3 is 5.11 Å². The van der Waals surface area contributed by atoms with Gasteiger partial charge in [-0.1, -0.05) is 26.2 Å². The average molecular weight is 226 g/mol. The highest BCUT2D eigenvalue weighted by Gasteiger charge is 2.23. The minimum absolute atomic E-state index is 0.0681. The van der Waals surface area contributed by atoms with E-state index in [2.05, 4.69) is 12.0 Å². The number of aliphatic carboxylic acids is 1. The van der Waals surface area contributed by atoms with Gasteiger partial charge in [0.05, 0.1) is 0 Å². The first kappa shape index (κ1) is 12.7. The average Bonchev–Trinajstić information content (AvgIpc) is 2.26. The molecule has 1 aliphatic rings. The lowest BCUT2D eigenvalue weighted by Crippen LogP contribution is -2.34. The fraction of sp³-hybridized carbons (Fsp3) is 0.727. The molecule has 16 heavy (non-hydrogen) atoms. The SMILES string of the molecule is CCCCCCN1N=C(C(=O)O)CCC1=O. The Morgan fingerprint density at radius 3 is 2.75 bits per heavy atom. The quantitative estimate of drug-likeness (QED) is 0.700. The third kappa shape index (κ3) is 3.64. The van der Waals surface area contributed by atoms with Gasteiger partial charge in [-0.2, -0.15) is 5.10 Å². The van der Waals surface area contributed by atoms with Gasteiger partial charge in [-0.15, -0.1) is 0 Å². The molecular weight excluding hydrogens is 208 g/mol. The Bertz CT molecular complexity index is 300. The smallest absolute Gasteiger partial charge is 0.352 e. The summed E-state index contributed by atoms with van der Waals surface area (Å²) in [7, 11) is 0. The number of hydrogen-bond donors (Lipinski definition) is 1. The lowest BCUT2D eigenvalue weighted by molar-refractivity contribution is -0.132. The van der Waals surface area contributed by atoms with Gasteiger partial charge in [-0.05, 0) is 6.42 Å². The van der Waals surface area contributed by atoms with Gasteiger partial charge in [-0.25, -0.2) is 9.80 Å². The second-order valence-electron chi connectivity index (χ2n) is 3.93. The molecule has 0 aromatic carbocycles. The van der Waals surface area contributed by atoms with Crippen LogP contribution < -0.4 is 0 Å². The van der Waals surface area contributed by atoms with Gasteiger partial charge >= 0.3 is 5.97 Å². The molecule has 0 unspecified atom stereocenters. The summed E-state index contributed by atoms with van der Waals surface area (Å²) in [6.07, 6.45) is 4.72. The Balaban J connectivity index is 2.46. The highest BCUT2D eigenvalue weighted by atomic mass is 16.4. The Morgan fingerprint density at radius 2 is 2.12 bits per heavy atom. The van der Waals surface area contributed by atoms with Crippen molar-refractivity contribution in [1.82, 2.24) is 5.01 Å². The predicted octanol–water partition coefficient (Wildman–Crippen LogP) is 1.63. The number of hydrazone groups is 1. The van der Waals surface area contributed by atoms with Gasteiger partial charge in [0.15, 0.2) is 0 Å². The predicted molar refractivity (Wildman–Crippen MR) is 60.2 cm³/mol. The molecule has 0 bridgehead atoms. The summed E-state index contributed by atoms with van der Waals surface area (Å²) in [5, 5.41) is 14.0. The Hall–Kier alpha value is -1.39. The Morgan fingerprint density at radius 1 is 1.38 bits per heavy atom. The first-order chi connectivity index (χ1) is 7.65. The highest BCUT2D eigenvalue weighted by Crippen LogP contribution is 2.11. The van der Waals surface area contributed by atoms with Crippen molar-refractivity contribution in [3.63, 3.8) is 0 Å². The van der Waals surface area contributed by atoms with Crippen molar-refractivity contribution in [3.8, 4) is 0 Å². The van der Waals surface area contributed by atoms with Crippen LogP contribution in [0.3, 0.4) is 0 Å². The molecule has 0 atom stereocenters. The fourth-order valence-electron chi connectivity index (χ4n) is 1.62. The summed E-state index contributed by atoms with van der Waals surface area (Å²) >= 11 is 0. The number of carbonyl (C=O) groups is 2. The van der Waals surface area contributed by atoms with E-state index in [-0.39, 0.29) is 24.5 Å². The summed E-state index contributed by atoms with van der Waals surface area (Å²) in [5.74, 6) is -1.09. The molecule has 1 amide bonds. The van der Waals surface area contributed by atoms with Crippen LogP contribution in [0, 0.1) is 0 Å². The molecule has 1 N–H and O–H groups in total. The molecule has 0 radical (unpaired) electrons. The van der Waals surface area contributed by atoms with Crippen molar-refractivity contribution in [2.75, 3.05) is 6.54 Å². The Labute approximate surface area is 95.1 Å². The van der Waals surface area contributed by atoms with Crippen LogP contribution in [-0.2, 0) is 9.59 Å². The monoisotopic (exact) mass is 226 g/mol. The Kier molecular flexibility index (Phi) is 4.95. The second kappa shape index (κ2) is 6.25. The molecule has 1 aliphatic heterocycles. The van der Waals surface area contributed by atoms with Crippen molar-refractivity contribution in [2.45, 2.75) is 45.4 Å². The van der Waals surface area contributed by atoms with Gasteiger partial charge in [0.1, 0.15) is 5.71 Å². The van der Waals surface area contributed by atoms with Crippen molar-refractivity contribution < 1.29 is 14.7 Å². The van der Waals surface area contributed by atoms with Crippen LogP contribution >= 0.6 is 0 Å². The van der Waals surface area contributed by atoms with Crippen LogP contribution in [0.5, 0.6) is 0 Å². The maximum absolute atomic E-state index is 11.5. The number of unbranched alkanes of at least 4 members (excludes halogenated alkanes) is 3. The molecule has 5 nitrogen and oxygen atoms in total. The standard InChI is InChI=1S/C11H18N2O3/c1-2-3-4-5-8-13-10(14)7-6-9(12-13)11(15)16/h2-8H2,1H3,(H,15,16). The molecule has 90 valence electrons. The number of amides is 1. The van der Waals surface area contributed by atoms with Crippen LogP contribution in [-0.4, -0.2) is 34.2 Å². The molecule has 5 heteroatoms. The first-order valence-electron chi connectivity index (χ1n) is 5.76. The molecule has 0 aliphatic carbocycles. The number of carboxylic acids is 1. The third-order valence-corrected chi connectivity index (χ3v) is 2.58. The third-order valence-electron chi connectivity index (χ3n) is 2.58. The van der Waals surface area contributed by atoms with Crippen LogP contribution in [0.15, 0.2) is 5.10 Å². The molecule has 0 fully saturated rings. The summed E-state index contributed by atoms with van der Waals surface area (Å²) in [6.45, 7) is 2.66. The first-order valence-corrected chi connectivity index (χ1v) is 5.76.